The summed E-state index contributed by atoms with van der Waals surface area (Å²) in [4.78, 5) is 29.4. The van der Waals surface area contributed by atoms with Crippen LogP contribution in [0.15, 0.2) is 18.2 Å². The maximum atomic E-state index is 13.4. The van der Waals surface area contributed by atoms with Gasteiger partial charge in [0.25, 0.3) is 0 Å². The van der Waals surface area contributed by atoms with Gasteiger partial charge < -0.3 is 20.4 Å². The number of anilines is 1. The summed E-state index contributed by atoms with van der Waals surface area (Å²) in [6, 6.07) is 5.39. The summed E-state index contributed by atoms with van der Waals surface area (Å²) in [6.07, 6.45) is -1.50. The van der Waals surface area contributed by atoms with Gasteiger partial charge >= 0.3 is 12.2 Å². The molecule has 0 radical (unpaired) electrons. The molecule has 1 aliphatic carbocycles. The molecule has 10 heteroatoms. The lowest BCUT2D eigenvalue weighted by molar-refractivity contribution is -0.137. The van der Waals surface area contributed by atoms with E-state index in [0.717, 1.165) is 18.9 Å². The van der Waals surface area contributed by atoms with Gasteiger partial charge in [0.1, 0.15) is 0 Å². The average Bonchev–Trinajstić information content (AvgIpc) is 3.51. The maximum absolute atomic E-state index is 13.4. The van der Waals surface area contributed by atoms with Gasteiger partial charge in [-0.15, -0.1) is 0 Å². The van der Waals surface area contributed by atoms with Crippen molar-refractivity contribution in [3.63, 3.8) is 0 Å². The first-order valence-corrected chi connectivity index (χ1v) is 11.7. The van der Waals surface area contributed by atoms with Gasteiger partial charge in [-0.05, 0) is 57.7 Å². The number of piperidine rings is 1. The maximum Gasteiger partial charge on any atom is 0.417 e. The van der Waals surface area contributed by atoms with E-state index in [9.17, 15) is 22.8 Å². The summed E-state index contributed by atoms with van der Waals surface area (Å²) in [5.74, 6) is -0.381. The number of hydrogen-bond acceptors (Lipinski definition) is 4. The van der Waals surface area contributed by atoms with E-state index in [1.54, 1.807) is 17.0 Å². The van der Waals surface area contributed by atoms with E-state index in [-0.39, 0.29) is 29.9 Å². The highest BCUT2D eigenvalue weighted by atomic mass is 19.4. The Morgan fingerprint density at radius 3 is 2.44 bits per heavy atom. The Morgan fingerprint density at radius 1 is 1.21 bits per heavy atom. The smallest absolute Gasteiger partial charge is 0.371 e. The van der Waals surface area contributed by atoms with Crippen LogP contribution in [-0.4, -0.2) is 55.1 Å². The predicted octanol–water partition coefficient (Wildman–Crippen LogP) is 3.49. The summed E-state index contributed by atoms with van der Waals surface area (Å²) in [6.45, 7) is 5.49. The van der Waals surface area contributed by atoms with E-state index >= 15 is 0 Å². The molecule has 1 aromatic carbocycles. The number of nitriles is 1. The molecule has 2 saturated heterocycles. The first kappa shape index (κ1) is 24.2. The van der Waals surface area contributed by atoms with Crippen molar-refractivity contribution in [1.29, 1.82) is 5.26 Å². The second-order valence-corrected chi connectivity index (χ2v) is 10.0. The minimum atomic E-state index is -4.61. The van der Waals surface area contributed by atoms with Gasteiger partial charge in [0.2, 0.25) is 5.91 Å². The van der Waals surface area contributed by atoms with Crippen LogP contribution in [-0.2, 0) is 11.0 Å². The molecule has 7 nitrogen and oxygen atoms in total. The molecular formula is C24H30F3N5O2. The SMILES string of the molecule is CC(C)NC(=O)N1CC(C(=O)NC2CC2)C2(CCN(c3ccc(C#N)c(C(F)(F)F)c3)CC2)C1. The first-order valence-electron chi connectivity index (χ1n) is 11.7. The van der Waals surface area contributed by atoms with Gasteiger partial charge in [-0.25, -0.2) is 4.79 Å². The Kier molecular flexibility index (Phi) is 6.40. The molecule has 2 aliphatic heterocycles. The third-order valence-electron chi connectivity index (χ3n) is 7.14. The van der Waals surface area contributed by atoms with E-state index in [1.165, 1.54) is 6.07 Å². The van der Waals surface area contributed by atoms with Crippen LogP contribution >= 0.6 is 0 Å². The zero-order chi connectivity index (χ0) is 24.7. The minimum absolute atomic E-state index is 0.0242. The highest BCUT2D eigenvalue weighted by molar-refractivity contribution is 5.83. The molecule has 0 aromatic heterocycles. The third-order valence-corrected chi connectivity index (χ3v) is 7.14. The number of likely N-dealkylation sites (tertiary alicyclic amines) is 1. The topological polar surface area (TPSA) is 88.5 Å². The fraction of sp³-hybridized carbons (Fsp3) is 0.625. The summed E-state index contributed by atoms with van der Waals surface area (Å²) >= 11 is 0. The van der Waals surface area contributed by atoms with Crippen LogP contribution in [0.1, 0.15) is 50.7 Å². The highest BCUT2D eigenvalue weighted by Gasteiger charge is 2.53. The first-order chi connectivity index (χ1) is 16.0. The highest BCUT2D eigenvalue weighted by Crippen LogP contribution is 2.46. The van der Waals surface area contributed by atoms with Gasteiger partial charge in [-0.3, -0.25) is 4.79 Å². The Bertz CT molecular complexity index is 991. The molecule has 4 rings (SSSR count). The fourth-order valence-electron chi connectivity index (χ4n) is 5.13. The van der Waals surface area contributed by atoms with E-state index < -0.39 is 22.7 Å². The van der Waals surface area contributed by atoms with Gasteiger partial charge in [0.15, 0.2) is 0 Å². The van der Waals surface area contributed by atoms with Crippen molar-refractivity contribution < 1.29 is 22.8 Å². The molecule has 3 aliphatic rings. The van der Waals surface area contributed by atoms with Gasteiger partial charge in [-0.2, -0.15) is 18.4 Å². The largest absolute Gasteiger partial charge is 0.417 e. The summed E-state index contributed by atoms with van der Waals surface area (Å²) in [5, 5.41) is 15.0. The second-order valence-electron chi connectivity index (χ2n) is 10.0. The molecular weight excluding hydrogens is 447 g/mol. The number of hydrogen-bond donors (Lipinski definition) is 2. The zero-order valence-electron chi connectivity index (χ0n) is 19.4. The summed E-state index contributed by atoms with van der Waals surface area (Å²) in [7, 11) is 0. The van der Waals surface area contributed by atoms with Gasteiger partial charge in [-0.1, -0.05) is 0 Å². The van der Waals surface area contributed by atoms with Gasteiger partial charge in [0.05, 0.1) is 23.1 Å². The third kappa shape index (κ3) is 4.93. The van der Waals surface area contributed by atoms with Crippen LogP contribution in [0.4, 0.5) is 23.7 Å². The van der Waals surface area contributed by atoms with E-state index in [4.69, 9.17) is 5.26 Å². The molecule has 2 N–H and O–H groups in total. The van der Waals surface area contributed by atoms with Crippen molar-refractivity contribution in [3.05, 3.63) is 29.3 Å². The van der Waals surface area contributed by atoms with Crippen LogP contribution in [0.25, 0.3) is 0 Å². The van der Waals surface area contributed by atoms with Crippen molar-refractivity contribution in [2.24, 2.45) is 11.3 Å². The van der Waals surface area contributed by atoms with Crippen LogP contribution in [0, 0.1) is 22.7 Å². The summed E-state index contributed by atoms with van der Waals surface area (Å²) < 4.78 is 40.3. The average molecular weight is 478 g/mol. The number of urea groups is 1. The number of nitrogens with zero attached hydrogens (tertiary/aromatic N) is 3. The number of halogens is 3. The van der Waals surface area contributed by atoms with Gasteiger partial charge in [0, 0.05) is 49.4 Å². The molecule has 1 saturated carbocycles. The monoisotopic (exact) mass is 477 g/mol. The Balaban J connectivity index is 1.52. The van der Waals surface area contributed by atoms with Crippen molar-refractivity contribution in [2.75, 3.05) is 31.1 Å². The molecule has 184 valence electrons. The van der Waals surface area contributed by atoms with Crippen LogP contribution in [0.3, 0.4) is 0 Å². The number of carbonyl (C=O) groups excluding carboxylic acids is 2. The number of carbonyl (C=O) groups is 2. The Hall–Kier alpha value is -2.96. The van der Waals surface area contributed by atoms with Crippen molar-refractivity contribution in [3.8, 4) is 6.07 Å². The molecule has 34 heavy (non-hydrogen) atoms. The second kappa shape index (κ2) is 9.01. The lowest BCUT2D eigenvalue weighted by Crippen LogP contribution is -2.49. The van der Waals surface area contributed by atoms with E-state index in [1.807, 2.05) is 18.7 Å². The predicted molar refractivity (Wildman–Crippen MR) is 120 cm³/mol. The van der Waals surface area contributed by atoms with E-state index in [0.29, 0.717) is 44.7 Å². The van der Waals surface area contributed by atoms with Crippen LogP contribution in [0.5, 0.6) is 0 Å². The van der Waals surface area contributed by atoms with Crippen LogP contribution in [0.2, 0.25) is 0 Å². The number of benzene rings is 1. The number of alkyl halides is 3. The number of amides is 3. The standard InChI is InChI=1S/C24H30F3N5O2/c1-15(2)29-22(34)32-13-20(21(33)30-17-4-5-17)23(14-32)7-9-31(10-8-23)18-6-3-16(12-28)19(11-18)24(25,26)27/h3,6,11,15,17,20H,4-5,7-10,13-14H2,1-2H3,(H,29,34)(H,30,33). The fourth-order valence-corrected chi connectivity index (χ4v) is 5.13. The normalized spacial score (nSPS) is 22.1. The van der Waals surface area contributed by atoms with Crippen molar-refractivity contribution in [1.82, 2.24) is 15.5 Å². The zero-order valence-corrected chi connectivity index (χ0v) is 19.4. The summed E-state index contributed by atoms with van der Waals surface area (Å²) in [5.41, 5.74) is -1.34. The molecule has 0 bridgehead atoms. The molecule has 1 spiro atoms. The molecule has 3 fully saturated rings. The molecule has 1 atom stereocenters. The number of rotatable bonds is 4. The van der Waals surface area contributed by atoms with Crippen molar-refractivity contribution >= 4 is 17.6 Å². The lowest BCUT2D eigenvalue weighted by Gasteiger charge is -2.43. The molecule has 3 amide bonds. The Labute approximate surface area is 197 Å². The van der Waals surface area contributed by atoms with E-state index in [2.05, 4.69) is 10.6 Å². The Morgan fingerprint density at radius 2 is 1.88 bits per heavy atom. The van der Waals surface area contributed by atoms with Crippen molar-refractivity contribution in [2.45, 2.75) is 57.8 Å². The quantitative estimate of drug-likeness (QED) is 0.695. The lowest BCUT2D eigenvalue weighted by atomic mass is 9.70. The molecule has 1 aromatic rings. The molecule has 2 heterocycles. The number of nitrogens with one attached hydrogen (secondary N) is 2. The van der Waals surface area contributed by atoms with Crippen LogP contribution < -0.4 is 15.5 Å². The minimum Gasteiger partial charge on any atom is -0.371 e. The molecule has 1 unspecified atom stereocenters.